The number of hydrogen-bond donors (Lipinski definition) is 2. The van der Waals surface area contributed by atoms with Gasteiger partial charge in [0.05, 0.1) is 19.2 Å². The molecular formula is C14H19F3N2O3. The molecule has 0 aliphatic rings. The van der Waals surface area contributed by atoms with E-state index in [1.807, 2.05) is 0 Å². The molecule has 0 spiro atoms. The highest BCUT2D eigenvalue weighted by Gasteiger charge is 2.31. The van der Waals surface area contributed by atoms with Crippen LogP contribution in [-0.2, 0) is 4.79 Å². The van der Waals surface area contributed by atoms with E-state index in [4.69, 9.17) is 5.11 Å². The number of amides is 1. The molecule has 1 aromatic carbocycles. The van der Waals surface area contributed by atoms with Crippen LogP contribution in [-0.4, -0.2) is 49.0 Å². The van der Waals surface area contributed by atoms with Gasteiger partial charge in [-0.1, -0.05) is 12.1 Å². The number of nitrogens with zero attached hydrogens (tertiary/aromatic N) is 1. The van der Waals surface area contributed by atoms with Crippen LogP contribution in [0.15, 0.2) is 24.3 Å². The molecule has 1 rings (SSSR count). The van der Waals surface area contributed by atoms with Crippen LogP contribution in [0.3, 0.4) is 0 Å². The van der Waals surface area contributed by atoms with Crippen LogP contribution in [0, 0.1) is 0 Å². The van der Waals surface area contributed by atoms with Crippen molar-refractivity contribution in [2.45, 2.75) is 19.3 Å². The monoisotopic (exact) mass is 320 g/mol. The number of rotatable bonds is 7. The van der Waals surface area contributed by atoms with Crippen LogP contribution in [0.25, 0.3) is 0 Å². The maximum Gasteiger partial charge on any atom is 0.573 e. The molecule has 0 saturated heterocycles. The average Bonchev–Trinajstić information content (AvgIpc) is 2.37. The summed E-state index contributed by atoms with van der Waals surface area (Å²) in [6.07, 6.45) is -4.72. The molecule has 1 atom stereocenters. The van der Waals surface area contributed by atoms with E-state index in [1.165, 1.54) is 24.3 Å². The fourth-order valence-corrected chi connectivity index (χ4v) is 1.82. The summed E-state index contributed by atoms with van der Waals surface area (Å²) in [5.41, 5.74) is 0.660. The molecule has 0 heterocycles. The van der Waals surface area contributed by atoms with Crippen molar-refractivity contribution in [3.8, 4) is 5.75 Å². The fraction of sp³-hybridized carbons (Fsp3) is 0.500. The van der Waals surface area contributed by atoms with Crippen LogP contribution in [0.2, 0.25) is 0 Å². The van der Waals surface area contributed by atoms with E-state index in [-0.39, 0.29) is 30.9 Å². The predicted octanol–water partition coefficient (Wildman–Crippen LogP) is 1.69. The number of ether oxygens (including phenoxy) is 1. The highest BCUT2D eigenvalue weighted by molar-refractivity contribution is 5.78. The van der Waals surface area contributed by atoms with Crippen molar-refractivity contribution in [2.75, 3.05) is 26.7 Å². The maximum absolute atomic E-state index is 12.1. The van der Waals surface area contributed by atoms with Crippen LogP contribution >= 0.6 is 0 Å². The Bertz CT molecular complexity index is 477. The van der Waals surface area contributed by atoms with E-state index in [9.17, 15) is 18.0 Å². The lowest BCUT2D eigenvalue weighted by Crippen LogP contribution is -2.37. The summed E-state index contributed by atoms with van der Waals surface area (Å²) in [6, 6.07) is 4.97. The van der Waals surface area contributed by atoms with Crippen LogP contribution in [0.4, 0.5) is 13.2 Å². The smallest absolute Gasteiger partial charge is 0.406 e. The van der Waals surface area contributed by atoms with Crippen molar-refractivity contribution in [1.82, 2.24) is 10.2 Å². The molecule has 0 radical (unpaired) electrons. The second-order valence-electron chi connectivity index (χ2n) is 4.87. The third-order valence-electron chi connectivity index (χ3n) is 2.89. The Morgan fingerprint density at radius 2 is 1.95 bits per heavy atom. The van der Waals surface area contributed by atoms with Crippen molar-refractivity contribution in [1.29, 1.82) is 0 Å². The number of alkyl halides is 3. The number of benzene rings is 1. The van der Waals surface area contributed by atoms with Gasteiger partial charge in [-0.25, -0.2) is 0 Å². The zero-order valence-electron chi connectivity index (χ0n) is 12.4. The van der Waals surface area contributed by atoms with E-state index < -0.39 is 6.36 Å². The third-order valence-corrected chi connectivity index (χ3v) is 2.89. The van der Waals surface area contributed by atoms with Gasteiger partial charge in [0, 0.05) is 6.54 Å². The van der Waals surface area contributed by atoms with Crippen LogP contribution in [0.1, 0.15) is 18.5 Å². The number of aliphatic hydroxyl groups excluding tert-OH is 1. The Morgan fingerprint density at radius 1 is 1.36 bits per heavy atom. The summed E-state index contributed by atoms with van der Waals surface area (Å²) in [7, 11) is 1.70. The molecule has 1 aromatic rings. The number of likely N-dealkylation sites (N-methyl/N-ethyl adjacent to an activating group) is 1. The molecule has 124 valence electrons. The van der Waals surface area contributed by atoms with Crippen molar-refractivity contribution in [2.24, 2.45) is 0 Å². The summed E-state index contributed by atoms with van der Waals surface area (Å²) < 4.78 is 39.9. The van der Waals surface area contributed by atoms with Crippen molar-refractivity contribution in [3.05, 3.63) is 29.8 Å². The molecule has 0 aliphatic heterocycles. The molecule has 5 nitrogen and oxygen atoms in total. The Hall–Kier alpha value is -1.80. The summed E-state index contributed by atoms with van der Waals surface area (Å²) in [5.74, 6) is -0.545. The Balaban J connectivity index is 2.55. The molecule has 0 aliphatic carbocycles. The molecule has 0 aromatic heterocycles. The van der Waals surface area contributed by atoms with E-state index in [2.05, 4.69) is 10.1 Å². The lowest BCUT2D eigenvalue weighted by molar-refractivity contribution is -0.274. The molecular weight excluding hydrogens is 301 g/mol. The molecule has 0 saturated carbocycles. The van der Waals surface area contributed by atoms with Gasteiger partial charge >= 0.3 is 6.36 Å². The molecule has 0 bridgehead atoms. The zero-order valence-corrected chi connectivity index (χ0v) is 12.4. The molecule has 1 unspecified atom stereocenters. The number of halogens is 3. The normalized spacial score (nSPS) is 13.0. The van der Waals surface area contributed by atoms with Gasteiger partial charge in [0.1, 0.15) is 5.75 Å². The summed E-state index contributed by atoms with van der Waals surface area (Å²) in [6.45, 7) is 2.19. The average molecular weight is 320 g/mol. The Labute approximate surface area is 126 Å². The van der Waals surface area contributed by atoms with Crippen molar-refractivity contribution < 1.29 is 27.8 Å². The zero-order chi connectivity index (χ0) is 16.8. The minimum absolute atomic E-state index is 0.0417. The SMILES string of the molecule is CC(NC(=O)CN(C)CCO)c1ccc(OC(F)(F)F)cc1. The standard InChI is InChI=1S/C14H19F3N2O3/c1-10(18-13(21)9-19(2)7-8-20)11-3-5-12(6-4-11)22-14(15,16)17/h3-6,10,20H,7-9H2,1-2H3,(H,18,21). The van der Waals surface area contributed by atoms with Crippen LogP contribution < -0.4 is 10.1 Å². The number of nitrogens with one attached hydrogen (secondary N) is 1. The van der Waals surface area contributed by atoms with E-state index in [1.54, 1.807) is 18.9 Å². The van der Waals surface area contributed by atoms with E-state index in [0.717, 1.165) is 0 Å². The second-order valence-corrected chi connectivity index (χ2v) is 4.87. The highest BCUT2D eigenvalue weighted by Crippen LogP contribution is 2.24. The first-order chi connectivity index (χ1) is 10.2. The molecule has 8 heteroatoms. The largest absolute Gasteiger partial charge is 0.573 e. The maximum atomic E-state index is 12.1. The van der Waals surface area contributed by atoms with Gasteiger partial charge < -0.3 is 15.2 Å². The Morgan fingerprint density at radius 3 is 2.45 bits per heavy atom. The Kier molecular flexibility index (Phi) is 6.63. The minimum atomic E-state index is -4.72. The van der Waals surface area contributed by atoms with Gasteiger partial charge in [-0.05, 0) is 31.7 Å². The lowest BCUT2D eigenvalue weighted by Gasteiger charge is -2.18. The third kappa shape index (κ3) is 6.77. The second kappa shape index (κ2) is 8.00. The van der Waals surface area contributed by atoms with E-state index in [0.29, 0.717) is 12.1 Å². The summed E-state index contributed by atoms with van der Waals surface area (Å²) in [4.78, 5) is 13.4. The fourth-order valence-electron chi connectivity index (χ4n) is 1.82. The molecule has 22 heavy (non-hydrogen) atoms. The number of carbonyl (C=O) groups is 1. The number of carbonyl (C=O) groups excluding carboxylic acids is 1. The topological polar surface area (TPSA) is 61.8 Å². The number of hydrogen-bond acceptors (Lipinski definition) is 4. The first-order valence-electron chi connectivity index (χ1n) is 6.65. The van der Waals surface area contributed by atoms with Gasteiger partial charge in [0.15, 0.2) is 0 Å². The first-order valence-corrected chi connectivity index (χ1v) is 6.65. The molecule has 1 amide bonds. The lowest BCUT2D eigenvalue weighted by atomic mass is 10.1. The minimum Gasteiger partial charge on any atom is -0.406 e. The quantitative estimate of drug-likeness (QED) is 0.802. The van der Waals surface area contributed by atoms with Gasteiger partial charge in [-0.3, -0.25) is 9.69 Å². The van der Waals surface area contributed by atoms with Gasteiger partial charge in [-0.2, -0.15) is 0 Å². The summed E-state index contributed by atoms with van der Waals surface area (Å²) >= 11 is 0. The molecule has 0 fully saturated rings. The first kappa shape index (κ1) is 18.2. The van der Waals surface area contributed by atoms with Crippen molar-refractivity contribution >= 4 is 5.91 Å². The van der Waals surface area contributed by atoms with E-state index >= 15 is 0 Å². The van der Waals surface area contributed by atoms with Crippen LogP contribution in [0.5, 0.6) is 5.75 Å². The molecule has 2 N–H and O–H groups in total. The summed E-state index contributed by atoms with van der Waals surface area (Å²) in [5, 5.41) is 11.5. The van der Waals surface area contributed by atoms with Gasteiger partial charge in [0.2, 0.25) is 5.91 Å². The van der Waals surface area contributed by atoms with Crippen molar-refractivity contribution in [3.63, 3.8) is 0 Å². The van der Waals surface area contributed by atoms with Gasteiger partial charge in [0.25, 0.3) is 0 Å². The highest BCUT2D eigenvalue weighted by atomic mass is 19.4. The van der Waals surface area contributed by atoms with Gasteiger partial charge in [-0.15, -0.1) is 13.2 Å². The predicted molar refractivity (Wildman–Crippen MR) is 74.3 cm³/mol. The number of aliphatic hydroxyl groups is 1.